The maximum Gasteiger partial charge on any atom is 0.0443 e. The average molecular weight is 235 g/mol. The van der Waals surface area contributed by atoms with Crippen LogP contribution in [0, 0.1) is 13.8 Å². The van der Waals surface area contributed by atoms with E-state index in [1.165, 1.54) is 16.9 Å². The third kappa shape index (κ3) is 2.01. The highest BCUT2D eigenvalue weighted by Crippen LogP contribution is 2.40. The summed E-state index contributed by atoms with van der Waals surface area (Å²) in [5, 5.41) is 4.31. The zero-order valence-electron chi connectivity index (χ0n) is 10.6. The van der Waals surface area contributed by atoms with Crippen molar-refractivity contribution in [3.63, 3.8) is 0 Å². The predicted molar refractivity (Wildman–Crippen MR) is 73.1 cm³/mol. The van der Waals surface area contributed by atoms with Gasteiger partial charge in [-0.2, -0.15) is 11.8 Å². The molecule has 0 saturated carbocycles. The smallest absolute Gasteiger partial charge is 0.0443 e. The summed E-state index contributed by atoms with van der Waals surface area (Å²) in [6, 6.07) is 5.05. The number of benzene rings is 1. The zero-order valence-corrected chi connectivity index (χ0v) is 11.4. The maximum absolute atomic E-state index is 3.64. The van der Waals surface area contributed by atoms with Gasteiger partial charge in [0.05, 0.1) is 0 Å². The van der Waals surface area contributed by atoms with Gasteiger partial charge in [0.15, 0.2) is 0 Å². The molecule has 2 rings (SSSR count). The number of aryl methyl sites for hydroxylation is 2. The summed E-state index contributed by atoms with van der Waals surface area (Å²) in [5.41, 5.74) is 6.02. The Balaban J connectivity index is 2.49. The lowest BCUT2D eigenvalue weighted by Crippen LogP contribution is -2.32. The zero-order chi connectivity index (χ0) is 11.7. The molecule has 0 aromatic heterocycles. The van der Waals surface area contributed by atoms with Gasteiger partial charge in [-0.05, 0) is 42.6 Å². The van der Waals surface area contributed by atoms with E-state index < -0.39 is 0 Å². The quantitative estimate of drug-likeness (QED) is 0.840. The molecular weight excluding hydrogens is 214 g/mol. The van der Waals surface area contributed by atoms with Crippen molar-refractivity contribution in [2.75, 3.05) is 6.54 Å². The van der Waals surface area contributed by atoms with Crippen molar-refractivity contribution in [3.8, 4) is 0 Å². The van der Waals surface area contributed by atoms with Crippen LogP contribution in [0.5, 0.6) is 0 Å². The van der Waals surface area contributed by atoms with Crippen molar-refractivity contribution < 1.29 is 0 Å². The van der Waals surface area contributed by atoms with E-state index in [0.717, 1.165) is 6.54 Å². The molecule has 0 saturated heterocycles. The highest BCUT2D eigenvalue weighted by molar-refractivity contribution is 7.99. The van der Waals surface area contributed by atoms with Crippen molar-refractivity contribution in [2.24, 2.45) is 0 Å². The van der Waals surface area contributed by atoms with Gasteiger partial charge in [-0.1, -0.05) is 26.0 Å². The molecule has 1 nitrogen and oxygen atoms in total. The number of rotatable bonds is 2. The van der Waals surface area contributed by atoms with E-state index in [4.69, 9.17) is 0 Å². The first-order chi connectivity index (χ1) is 7.65. The minimum Gasteiger partial charge on any atom is -0.309 e. The summed E-state index contributed by atoms with van der Waals surface area (Å²) in [5.74, 6) is 1.17. The molecule has 1 N–H and O–H groups in total. The molecule has 0 amide bonds. The van der Waals surface area contributed by atoms with Gasteiger partial charge in [-0.3, -0.25) is 0 Å². The first kappa shape index (κ1) is 12.0. The number of thioether (sulfide) groups is 1. The van der Waals surface area contributed by atoms with Gasteiger partial charge in [-0.25, -0.2) is 0 Å². The monoisotopic (exact) mass is 235 g/mol. The second kappa shape index (κ2) is 4.80. The predicted octanol–water partition coefficient (Wildman–Crippen LogP) is 3.59. The van der Waals surface area contributed by atoms with Crippen LogP contribution >= 0.6 is 11.8 Å². The number of fused-ring (bicyclic) bond motifs is 1. The largest absolute Gasteiger partial charge is 0.309 e. The molecule has 0 fully saturated rings. The molecule has 0 bridgehead atoms. The summed E-state index contributed by atoms with van der Waals surface area (Å²) in [7, 11) is 0. The molecule has 1 aliphatic heterocycles. The normalized spacial score (nSPS) is 24.2. The topological polar surface area (TPSA) is 12.0 Å². The lowest BCUT2D eigenvalue weighted by atomic mass is 9.91. The van der Waals surface area contributed by atoms with E-state index in [9.17, 15) is 0 Å². The number of hydrogen-bond acceptors (Lipinski definition) is 2. The van der Waals surface area contributed by atoms with Gasteiger partial charge in [0.25, 0.3) is 0 Å². The lowest BCUT2D eigenvalue weighted by Gasteiger charge is -2.34. The molecule has 2 heteroatoms. The molecule has 88 valence electrons. The number of hydrogen-bond donors (Lipinski definition) is 1. The van der Waals surface area contributed by atoms with Gasteiger partial charge < -0.3 is 5.32 Å². The molecule has 0 spiro atoms. The molecule has 1 aromatic rings. The van der Waals surface area contributed by atoms with E-state index >= 15 is 0 Å². The third-order valence-corrected chi connectivity index (χ3v) is 4.76. The Labute approximate surface area is 103 Å². The molecule has 0 radical (unpaired) electrons. The van der Waals surface area contributed by atoms with Gasteiger partial charge in [0.1, 0.15) is 0 Å². The SMILES string of the molecule is CCNC1c2c(C)ccc(C)c2CSC1C. The second-order valence-corrected chi connectivity index (χ2v) is 6.01. The van der Waals surface area contributed by atoms with Crippen LogP contribution in [0.3, 0.4) is 0 Å². The van der Waals surface area contributed by atoms with Crippen molar-refractivity contribution >= 4 is 11.8 Å². The summed E-state index contributed by atoms with van der Waals surface area (Å²) >= 11 is 2.07. The molecule has 1 heterocycles. The van der Waals surface area contributed by atoms with E-state index in [1.807, 2.05) is 0 Å². The van der Waals surface area contributed by atoms with Crippen LogP contribution in [0.15, 0.2) is 12.1 Å². The van der Waals surface area contributed by atoms with Crippen molar-refractivity contribution in [2.45, 2.75) is 44.7 Å². The van der Waals surface area contributed by atoms with Crippen LogP contribution in [0.4, 0.5) is 0 Å². The van der Waals surface area contributed by atoms with Crippen molar-refractivity contribution in [1.82, 2.24) is 5.32 Å². The van der Waals surface area contributed by atoms with Gasteiger partial charge in [0, 0.05) is 17.0 Å². The summed E-state index contributed by atoms with van der Waals surface area (Å²) in [6.07, 6.45) is 0. The molecule has 0 aliphatic carbocycles. The Bertz CT molecular complexity index is 387. The van der Waals surface area contributed by atoms with Gasteiger partial charge >= 0.3 is 0 Å². The van der Waals surface area contributed by atoms with E-state index in [0.29, 0.717) is 11.3 Å². The second-order valence-electron chi connectivity index (χ2n) is 4.64. The first-order valence-electron chi connectivity index (χ1n) is 6.09. The van der Waals surface area contributed by atoms with Crippen LogP contribution in [0.2, 0.25) is 0 Å². The highest BCUT2D eigenvalue weighted by atomic mass is 32.2. The fraction of sp³-hybridized carbons (Fsp3) is 0.571. The first-order valence-corrected chi connectivity index (χ1v) is 7.14. The summed E-state index contributed by atoms with van der Waals surface area (Å²) < 4.78 is 0. The Morgan fingerprint density at radius 1 is 1.31 bits per heavy atom. The van der Waals surface area contributed by atoms with Crippen LogP contribution < -0.4 is 5.32 Å². The summed E-state index contributed by atoms with van der Waals surface area (Å²) in [4.78, 5) is 0. The molecule has 16 heavy (non-hydrogen) atoms. The van der Waals surface area contributed by atoms with Crippen molar-refractivity contribution in [3.05, 3.63) is 34.4 Å². The molecule has 1 aliphatic rings. The minimum absolute atomic E-state index is 0.527. The fourth-order valence-electron chi connectivity index (χ4n) is 2.55. The standard InChI is InChI=1S/C14H21NS/c1-5-15-14-11(4)16-8-12-9(2)6-7-10(3)13(12)14/h6-7,11,14-15H,5,8H2,1-4H3. The van der Waals surface area contributed by atoms with Crippen LogP contribution in [0.1, 0.15) is 42.1 Å². The Morgan fingerprint density at radius 3 is 2.69 bits per heavy atom. The highest BCUT2D eigenvalue weighted by Gasteiger charge is 2.28. The average Bonchev–Trinajstić information content (AvgIpc) is 2.27. The van der Waals surface area contributed by atoms with E-state index in [1.54, 1.807) is 11.1 Å². The third-order valence-electron chi connectivity index (χ3n) is 3.50. The molecule has 2 atom stereocenters. The van der Waals surface area contributed by atoms with E-state index in [-0.39, 0.29) is 0 Å². The fourth-order valence-corrected chi connectivity index (χ4v) is 3.79. The van der Waals surface area contributed by atoms with Gasteiger partial charge in [0.2, 0.25) is 0 Å². The minimum atomic E-state index is 0.527. The van der Waals surface area contributed by atoms with Crippen molar-refractivity contribution in [1.29, 1.82) is 0 Å². The molecular formula is C14H21NS. The van der Waals surface area contributed by atoms with Crippen LogP contribution in [0.25, 0.3) is 0 Å². The lowest BCUT2D eigenvalue weighted by molar-refractivity contribution is 0.537. The number of nitrogens with one attached hydrogen (secondary N) is 1. The Morgan fingerprint density at radius 2 is 2.00 bits per heavy atom. The molecule has 1 aromatic carbocycles. The van der Waals surface area contributed by atoms with E-state index in [2.05, 4.69) is 56.9 Å². The van der Waals surface area contributed by atoms with Crippen LogP contribution in [-0.4, -0.2) is 11.8 Å². The Kier molecular flexibility index (Phi) is 3.60. The maximum atomic E-state index is 3.64. The summed E-state index contributed by atoms with van der Waals surface area (Å²) in [6.45, 7) is 10.0. The van der Waals surface area contributed by atoms with Crippen LogP contribution in [-0.2, 0) is 5.75 Å². The molecule has 2 unspecified atom stereocenters. The Hall–Kier alpha value is -0.470. The van der Waals surface area contributed by atoms with Gasteiger partial charge in [-0.15, -0.1) is 0 Å².